The Morgan fingerprint density at radius 3 is 2.40 bits per heavy atom. The zero-order valence-corrected chi connectivity index (χ0v) is 12.9. The van der Waals surface area contributed by atoms with Crippen molar-refractivity contribution in [3.8, 4) is 5.75 Å². The Hall–Kier alpha value is -1.60. The van der Waals surface area contributed by atoms with Gasteiger partial charge in [0.1, 0.15) is 12.3 Å². The molecule has 0 atom stereocenters. The molecular weight excluding hydrogens is 282 g/mol. The summed E-state index contributed by atoms with van der Waals surface area (Å²) in [4.78, 5) is 11.4. The molecule has 1 aromatic carbocycles. The van der Waals surface area contributed by atoms with Crippen molar-refractivity contribution in [3.05, 3.63) is 23.8 Å². The molecule has 0 spiro atoms. The largest absolute Gasteiger partial charge is 0.496 e. The van der Waals surface area contributed by atoms with E-state index in [0.717, 1.165) is 4.31 Å². The molecule has 0 aliphatic carbocycles. The molecule has 0 unspecified atom stereocenters. The van der Waals surface area contributed by atoms with Gasteiger partial charge in [-0.15, -0.1) is 0 Å². The van der Waals surface area contributed by atoms with Gasteiger partial charge < -0.3 is 9.47 Å². The number of methoxy groups -OCH3 is 2. The lowest BCUT2D eigenvalue weighted by Gasteiger charge is -2.19. The Morgan fingerprint density at radius 1 is 1.30 bits per heavy atom. The van der Waals surface area contributed by atoms with Crippen LogP contribution in [0.25, 0.3) is 0 Å². The summed E-state index contributed by atoms with van der Waals surface area (Å²) in [7, 11) is -0.984. The van der Waals surface area contributed by atoms with Gasteiger partial charge in [-0.05, 0) is 30.7 Å². The quantitative estimate of drug-likeness (QED) is 0.738. The van der Waals surface area contributed by atoms with E-state index in [1.807, 2.05) is 0 Å². The predicted molar refractivity (Wildman–Crippen MR) is 74.2 cm³/mol. The zero-order valence-electron chi connectivity index (χ0n) is 12.0. The molecule has 0 aliphatic heterocycles. The number of likely N-dealkylation sites (N-methyl/N-ethyl adjacent to an activating group) is 1. The monoisotopic (exact) mass is 301 g/mol. The molecule has 0 aliphatic rings. The minimum atomic E-state index is -3.73. The average Bonchev–Trinajstić information content (AvgIpc) is 2.43. The first-order valence-electron chi connectivity index (χ1n) is 6.08. The maximum atomic E-state index is 12.4. The van der Waals surface area contributed by atoms with Crippen molar-refractivity contribution >= 4 is 16.0 Å². The van der Waals surface area contributed by atoms with E-state index in [1.54, 1.807) is 19.9 Å². The van der Waals surface area contributed by atoms with Crippen LogP contribution in [0.4, 0.5) is 0 Å². The van der Waals surface area contributed by atoms with Crippen LogP contribution in [0.15, 0.2) is 23.1 Å². The normalized spacial score (nSPS) is 11.4. The van der Waals surface area contributed by atoms with Crippen molar-refractivity contribution in [1.29, 1.82) is 0 Å². The van der Waals surface area contributed by atoms with E-state index in [9.17, 15) is 13.2 Å². The van der Waals surface area contributed by atoms with Gasteiger partial charge in [0.2, 0.25) is 10.0 Å². The molecule has 1 aromatic rings. The summed E-state index contributed by atoms with van der Waals surface area (Å²) in [5.74, 6) is 0.0145. The Labute approximate surface area is 119 Å². The number of hydrogen-bond acceptors (Lipinski definition) is 5. The van der Waals surface area contributed by atoms with Crippen LogP contribution in [-0.4, -0.2) is 46.0 Å². The summed E-state index contributed by atoms with van der Waals surface area (Å²) in [5.41, 5.74) is 0.711. The second kappa shape index (κ2) is 6.71. The van der Waals surface area contributed by atoms with Crippen LogP contribution >= 0.6 is 0 Å². The van der Waals surface area contributed by atoms with Crippen LogP contribution in [-0.2, 0) is 19.6 Å². The van der Waals surface area contributed by atoms with Crippen molar-refractivity contribution in [2.45, 2.75) is 18.7 Å². The molecular formula is C13H19NO5S. The van der Waals surface area contributed by atoms with Crippen LogP contribution in [0.3, 0.4) is 0 Å². The number of carbonyl (C=O) groups is 1. The third-order valence-electron chi connectivity index (χ3n) is 2.89. The minimum Gasteiger partial charge on any atom is -0.496 e. The molecule has 0 heterocycles. The first kappa shape index (κ1) is 16.5. The van der Waals surface area contributed by atoms with Crippen molar-refractivity contribution in [1.82, 2.24) is 4.31 Å². The Kier molecular flexibility index (Phi) is 5.52. The highest BCUT2D eigenvalue weighted by Crippen LogP contribution is 2.23. The number of nitrogens with zero attached hydrogens (tertiary/aromatic N) is 1. The lowest BCUT2D eigenvalue weighted by molar-refractivity contribution is -0.140. The summed E-state index contributed by atoms with van der Waals surface area (Å²) < 4.78 is 35.6. The fourth-order valence-electron chi connectivity index (χ4n) is 1.74. The van der Waals surface area contributed by atoms with Gasteiger partial charge in [-0.25, -0.2) is 8.42 Å². The van der Waals surface area contributed by atoms with E-state index in [1.165, 1.54) is 26.4 Å². The van der Waals surface area contributed by atoms with E-state index < -0.39 is 16.0 Å². The van der Waals surface area contributed by atoms with Crippen molar-refractivity contribution in [2.24, 2.45) is 0 Å². The molecule has 112 valence electrons. The molecule has 6 nitrogen and oxygen atoms in total. The Bertz CT molecular complexity index is 582. The molecule has 0 N–H and O–H groups in total. The molecule has 0 fully saturated rings. The number of aryl methyl sites for hydroxylation is 1. The van der Waals surface area contributed by atoms with E-state index in [0.29, 0.717) is 11.3 Å². The fraction of sp³-hybridized carbons (Fsp3) is 0.462. The fourth-order valence-corrected chi connectivity index (χ4v) is 3.21. The highest BCUT2D eigenvalue weighted by molar-refractivity contribution is 7.89. The third kappa shape index (κ3) is 3.49. The van der Waals surface area contributed by atoms with Crippen molar-refractivity contribution in [2.75, 3.05) is 27.3 Å². The molecule has 1 rings (SSSR count). The molecule has 0 amide bonds. The number of carbonyl (C=O) groups excluding carboxylic acids is 1. The Morgan fingerprint density at radius 2 is 1.95 bits per heavy atom. The lowest BCUT2D eigenvalue weighted by Crippen LogP contribution is -2.36. The summed E-state index contributed by atoms with van der Waals surface area (Å²) in [6, 6.07) is 4.57. The highest BCUT2D eigenvalue weighted by atomic mass is 32.2. The number of ether oxygens (including phenoxy) is 2. The van der Waals surface area contributed by atoms with E-state index in [2.05, 4.69) is 4.74 Å². The van der Waals surface area contributed by atoms with E-state index >= 15 is 0 Å². The van der Waals surface area contributed by atoms with Crippen LogP contribution in [0, 0.1) is 6.92 Å². The Balaban J connectivity index is 3.14. The maximum Gasteiger partial charge on any atom is 0.321 e. The molecule has 7 heteroatoms. The van der Waals surface area contributed by atoms with Crippen LogP contribution < -0.4 is 4.74 Å². The van der Waals surface area contributed by atoms with Crippen LogP contribution in [0.2, 0.25) is 0 Å². The smallest absolute Gasteiger partial charge is 0.321 e. The first-order valence-corrected chi connectivity index (χ1v) is 7.52. The van der Waals surface area contributed by atoms with Crippen molar-refractivity contribution < 1.29 is 22.7 Å². The van der Waals surface area contributed by atoms with Gasteiger partial charge in [-0.2, -0.15) is 4.31 Å². The van der Waals surface area contributed by atoms with Crippen LogP contribution in [0.1, 0.15) is 12.5 Å². The molecule has 0 radical (unpaired) electrons. The second-order valence-electron chi connectivity index (χ2n) is 4.14. The predicted octanol–water partition coefficient (Wildman–Crippen LogP) is 1.19. The highest BCUT2D eigenvalue weighted by Gasteiger charge is 2.26. The minimum absolute atomic E-state index is 0.126. The van der Waals surface area contributed by atoms with Gasteiger partial charge in [-0.3, -0.25) is 4.79 Å². The molecule has 0 bridgehead atoms. The molecule has 0 saturated heterocycles. The summed E-state index contributed by atoms with van der Waals surface area (Å²) in [5, 5.41) is 0. The number of sulfonamides is 1. The van der Waals surface area contributed by atoms with Gasteiger partial charge in [0, 0.05) is 6.54 Å². The molecule has 20 heavy (non-hydrogen) atoms. The SMILES string of the molecule is CCN(CC(=O)OC)S(=O)(=O)c1ccc(OC)c(C)c1. The maximum absolute atomic E-state index is 12.4. The number of hydrogen-bond donors (Lipinski definition) is 0. The van der Waals surface area contributed by atoms with Gasteiger partial charge in [0.15, 0.2) is 0 Å². The van der Waals surface area contributed by atoms with Crippen LogP contribution in [0.5, 0.6) is 5.75 Å². The number of rotatable bonds is 6. The van der Waals surface area contributed by atoms with Gasteiger partial charge >= 0.3 is 5.97 Å². The number of esters is 1. The summed E-state index contributed by atoms with van der Waals surface area (Å²) >= 11 is 0. The number of benzene rings is 1. The van der Waals surface area contributed by atoms with Gasteiger partial charge in [0.05, 0.1) is 19.1 Å². The first-order chi connectivity index (χ1) is 9.36. The second-order valence-corrected chi connectivity index (χ2v) is 6.08. The van der Waals surface area contributed by atoms with E-state index in [4.69, 9.17) is 4.74 Å². The lowest BCUT2D eigenvalue weighted by atomic mass is 10.2. The van der Waals surface area contributed by atoms with Gasteiger partial charge in [0.25, 0.3) is 0 Å². The van der Waals surface area contributed by atoms with Crippen molar-refractivity contribution in [3.63, 3.8) is 0 Å². The topological polar surface area (TPSA) is 72.9 Å². The van der Waals surface area contributed by atoms with E-state index in [-0.39, 0.29) is 18.0 Å². The standard InChI is InChI=1S/C13H19NO5S/c1-5-14(9-13(15)19-4)20(16,17)11-6-7-12(18-3)10(2)8-11/h6-8H,5,9H2,1-4H3. The summed E-state index contributed by atoms with van der Waals surface area (Å²) in [6.07, 6.45) is 0. The molecule has 0 aromatic heterocycles. The average molecular weight is 301 g/mol. The summed E-state index contributed by atoms with van der Waals surface area (Å²) in [6.45, 7) is 3.30. The zero-order chi connectivity index (χ0) is 15.3. The third-order valence-corrected chi connectivity index (χ3v) is 4.81. The van der Waals surface area contributed by atoms with Gasteiger partial charge in [-0.1, -0.05) is 6.92 Å². The molecule has 0 saturated carbocycles.